The summed E-state index contributed by atoms with van der Waals surface area (Å²) in [6.45, 7) is -0.587. The number of hydrogen-bond donors (Lipinski definition) is 3. The van der Waals surface area contributed by atoms with E-state index in [2.05, 4.69) is 10.6 Å². The normalized spacial score (nSPS) is 15.1. The number of alkyl carbamates (subject to hydrolysis) is 1. The highest BCUT2D eigenvalue weighted by atomic mass is 16.5. The van der Waals surface area contributed by atoms with E-state index in [9.17, 15) is 24.3 Å². The Hall–Kier alpha value is -3.88. The molecule has 33 heavy (non-hydrogen) atoms. The second kappa shape index (κ2) is 8.93. The first-order chi connectivity index (χ1) is 15.8. The highest BCUT2D eigenvalue weighted by Gasteiger charge is 2.55. The number of carbonyl (C=O) groups excluding carboxylic acids is 3. The van der Waals surface area contributed by atoms with Crippen LogP contribution in [-0.4, -0.2) is 66.2 Å². The van der Waals surface area contributed by atoms with Crippen molar-refractivity contribution in [3.63, 3.8) is 0 Å². The summed E-state index contributed by atoms with van der Waals surface area (Å²) in [6, 6.07) is 15.9. The van der Waals surface area contributed by atoms with E-state index in [1.54, 1.807) is 0 Å². The zero-order valence-corrected chi connectivity index (χ0v) is 18.2. The van der Waals surface area contributed by atoms with Crippen molar-refractivity contribution in [1.82, 2.24) is 15.5 Å². The van der Waals surface area contributed by atoms with Crippen LogP contribution in [0.25, 0.3) is 11.1 Å². The van der Waals surface area contributed by atoms with E-state index in [4.69, 9.17) is 4.74 Å². The zero-order valence-electron chi connectivity index (χ0n) is 18.2. The maximum atomic E-state index is 12.2. The number of likely N-dealkylation sites (N-methyl/N-ethyl adjacent to an activating group) is 1. The number of carboxylic acids is 1. The lowest BCUT2D eigenvalue weighted by molar-refractivity contribution is -0.150. The number of amides is 3. The molecule has 0 radical (unpaired) electrons. The van der Waals surface area contributed by atoms with Gasteiger partial charge in [-0.1, -0.05) is 48.5 Å². The first-order valence-corrected chi connectivity index (χ1v) is 10.7. The van der Waals surface area contributed by atoms with Crippen molar-refractivity contribution in [1.29, 1.82) is 0 Å². The van der Waals surface area contributed by atoms with Gasteiger partial charge in [0.2, 0.25) is 11.8 Å². The van der Waals surface area contributed by atoms with Crippen molar-refractivity contribution in [2.24, 2.45) is 0 Å². The number of nitrogens with zero attached hydrogens (tertiary/aromatic N) is 1. The number of benzene rings is 2. The predicted molar refractivity (Wildman–Crippen MR) is 118 cm³/mol. The summed E-state index contributed by atoms with van der Waals surface area (Å²) in [5, 5.41) is 14.0. The van der Waals surface area contributed by atoms with E-state index in [0.29, 0.717) is 12.8 Å². The van der Waals surface area contributed by atoms with Crippen LogP contribution in [-0.2, 0) is 19.1 Å². The lowest BCUT2D eigenvalue weighted by atomic mass is 9.98. The summed E-state index contributed by atoms with van der Waals surface area (Å²) in [7, 11) is 1.41. The fourth-order valence-corrected chi connectivity index (χ4v) is 4.21. The summed E-state index contributed by atoms with van der Waals surface area (Å²) in [4.78, 5) is 48.7. The second-order valence-electron chi connectivity index (χ2n) is 8.25. The zero-order chi connectivity index (χ0) is 23.6. The standard InChI is InChI=1S/C24H25N3O6/c1-27(24(10-11-24)22(30)31)21(29)13-25-20(28)12-26-23(32)33-14-19-17-8-4-2-6-15(17)16-7-3-5-9-18(16)19/h2-9,19H,10-14H2,1H3,(H,25,28)(H,26,32)(H,30,31). The quantitative estimate of drug-likeness (QED) is 0.561. The predicted octanol–water partition coefficient (Wildman–Crippen LogP) is 1.72. The van der Waals surface area contributed by atoms with Gasteiger partial charge >= 0.3 is 12.1 Å². The lowest BCUT2D eigenvalue weighted by Crippen LogP contribution is -2.49. The van der Waals surface area contributed by atoms with Gasteiger partial charge in [-0.25, -0.2) is 9.59 Å². The number of ether oxygens (including phenoxy) is 1. The number of carboxylic acid groups (broad SMARTS) is 1. The SMILES string of the molecule is CN(C(=O)CNC(=O)CNC(=O)OCC1c2ccccc2-c2ccccc21)C1(C(=O)O)CC1. The molecule has 2 aromatic rings. The molecule has 2 aromatic carbocycles. The largest absolute Gasteiger partial charge is 0.479 e. The first-order valence-electron chi connectivity index (χ1n) is 10.7. The molecule has 2 aliphatic rings. The lowest BCUT2D eigenvalue weighted by Gasteiger charge is -2.24. The number of nitrogens with one attached hydrogen (secondary N) is 2. The van der Waals surface area contributed by atoms with Crippen LogP contribution in [0.5, 0.6) is 0 Å². The summed E-state index contributed by atoms with van der Waals surface area (Å²) >= 11 is 0. The number of fused-ring (bicyclic) bond motifs is 3. The molecular weight excluding hydrogens is 426 g/mol. The molecule has 3 N–H and O–H groups in total. The maximum Gasteiger partial charge on any atom is 0.407 e. The molecule has 9 nitrogen and oxygen atoms in total. The molecule has 0 aromatic heterocycles. The van der Waals surface area contributed by atoms with Crippen molar-refractivity contribution in [2.75, 3.05) is 26.7 Å². The Labute approximate surface area is 190 Å². The second-order valence-corrected chi connectivity index (χ2v) is 8.25. The molecule has 2 aliphatic carbocycles. The van der Waals surface area contributed by atoms with Crippen molar-refractivity contribution >= 4 is 23.9 Å². The van der Waals surface area contributed by atoms with Crippen molar-refractivity contribution < 1.29 is 29.0 Å². The van der Waals surface area contributed by atoms with Gasteiger partial charge in [-0.05, 0) is 35.1 Å². The number of aliphatic carboxylic acids is 1. The third-order valence-electron chi connectivity index (χ3n) is 6.31. The van der Waals surface area contributed by atoms with Gasteiger partial charge in [-0.3, -0.25) is 9.59 Å². The minimum atomic E-state index is -1.17. The molecule has 9 heteroatoms. The van der Waals surface area contributed by atoms with Gasteiger partial charge in [0.1, 0.15) is 18.7 Å². The van der Waals surface area contributed by atoms with E-state index in [1.807, 2.05) is 48.5 Å². The smallest absolute Gasteiger partial charge is 0.407 e. The van der Waals surface area contributed by atoms with E-state index < -0.39 is 29.4 Å². The third kappa shape index (κ3) is 4.39. The molecular formula is C24H25N3O6. The van der Waals surface area contributed by atoms with Gasteiger partial charge in [0, 0.05) is 13.0 Å². The summed E-state index contributed by atoms with van der Waals surface area (Å²) < 4.78 is 5.36. The molecule has 0 heterocycles. The Morgan fingerprint density at radius 3 is 2.09 bits per heavy atom. The Morgan fingerprint density at radius 1 is 0.970 bits per heavy atom. The summed E-state index contributed by atoms with van der Waals surface area (Å²) in [6.07, 6.45) is 0.0438. The molecule has 0 saturated heterocycles. The van der Waals surface area contributed by atoms with Gasteiger partial charge < -0.3 is 25.4 Å². The van der Waals surface area contributed by atoms with Gasteiger partial charge in [-0.2, -0.15) is 0 Å². The van der Waals surface area contributed by atoms with Crippen molar-refractivity contribution in [2.45, 2.75) is 24.3 Å². The summed E-state index contributed by atoms with van der Waals surface area (Å²) in [5.41, 5.74) is 3.24. The van der Waals surface area contributed by atoms with E-state index in [-0.39, 0.29) is 25.6 Å². The van der Waals surface area contributed by atoms with Crippen LogP contribution in [0.3, 0.4) is 0 Å². The molecule has 0 aliphatic heterocycles. The number of hydrogen-bond acceptors (Lipinski definition) is 5. The molecule has 172 valence electrons. The van der Waals surface area contributed by atoms with Crippen molar-refractivity contribution in [3.8, 4) is 11.1 Å². The van der Waals surface area contributed by atoms with Gasteiger partial charge in [-0.15, -0.1) is 0 Å². The topological polar surface area (TPSA) is 125 Å². The monoisotopic (exact) mass is 451 g/mol. The average Bonchev–Trinajstić information content (AvgIpc) is 3.58. The number of carbonyl (C=O) groups is 4. The molecule has 0 spiro atoms. The van der Waals surface area contributed by atoms with Crippen LogP contribution in [0.1, 0.15) is 29.9 Å². The molecule has 3 amide bonds. The van der Waals surface area contributed by atoms with Crippen LogP contribution in [0.2, 0.25) is 0 Å². The minimum absolute atomic E-state index is 0.0888. The molecule has 1 saturated carbocycles. The van der Waals surface area contributed by atoms with Crippen LogP contribution < -0.4 is 10.6 Å². The van der Waals surface area contributed by atoms with Crippen LogP contribution >= 0.6 is 0 Å². The van der Waals surface area contributed by atoms with Gasteiger partial charge in [0.25, 0.3) is 0 Å². The molecule has 0 atom stereocenters. The van der Waals surface area contributed by atoms with Gasteiger partial charge in [0.15, 0.2) is 0 Å². The van der Waals surface area contributed by atoms with Gasteiger partial charge in [0.05, 0.1) is 6.54 Å². The molecule has 0 unspecified atom stereocenters. The maximum absolute atomic E-state index is 12.2. The first kappa shape index (κ1) is 22.3. The third-order valence-corrected chi connectivity index (χ3v) is 6.31. The van der Waals surface area contributed by atoms with Crippen LogP contribution in [0.15, 0.2) is 48.5 Å². The van der Waals surface area contributed by atoms with Crippen LogP contribution in [0.4, 0.5) is 4.79 Å². The fraction of sp³-hybridized carbons (Fsp3) is 0.333. The van der Waals surface area contributed by atoms with Crippen molar-refractivity contribution in [3.05, 3.63) is 59.7 Å². The molecule has 1 fully saturated rings. The van der Waals surface area contributed by atoms with E-state index in [0.717, 1.165) is 27.2 Å². The minimum Gasteiger partial charge on any atom is -0.479 e. The fourth-order valence-electron chi connectivity index (χ4n) is 4.21. The molecule has 0 bridgehead atoms. The molecule has 4 rings (SSSR count). The summed E-state index contributed by atoms with van der Waals surface area (Å²) in [5.74, 6) is -2.23. The number of rotatable bonds is 8. The Kier molecular flexibility index (Phi) is 6.04. The average molecular weight is 451 g/mol. The Morgan fingerprint density at radius 2 is 1.55 bits per heavy atom. The Balaban J connectivity index is 1.23. The van der Waals surface area contributed by atoms with E-state index in [1.165, 1.54) is 7.05 Å². The van der Waals surface area contributed by atoms with E-state index >= 15 is 0 Å². The highest BCUT2D eigenvalue weighted by molar-refractivity contribution is 5.92. The van der Waals surface area contributed by atoms with Crippen LogP contribution in [0, 0.1) is 0 Å². The Bertz CT molecular complexity index is 1070. The highest BCUT2D eigenvalue weighted by Crippen LogP contribution is 2.44.